The summed E-state index contributed by atoms with van der Waals surface area (Å²) in [4.78, 5) is 36.2. The molecule has 1 aliphatic rings. The second kappa shape index (κ2) is 8.20. The molecule has 0 radical (unpaired) electrons. The second-order valence-corrected chi connectivity index (χ2v) is 7.52. The molecule has 2 heterocycles. The summed E-state index contributed by atoms with van der Waals surface area (Å²) in [6, 6.07) is 23.7. The molecule has 0 N–H and O–H groups in total. The molecular weight excluding hydrogens is 416 g/mol. The number of hydrogen-bond donors (Lipinski definition) is 0. The van der Waals surface area contributed by atoms with Crippen LogP contribution >= 0.6 is 0 Å². The molecule has 1 aromatic heterocycles. The number of amides is 1. The molecule has 1 aliphatic heterocycles. The molecule has 3 aromatic carbocycles. The van der Waals surface area contributed by atoms with E-state index < -0.39 is 5.91 Å². The molecule has 33 heavy (non-hydrogen) atoms. The highest BCUT2D eigenvalue weighted by Gasteiger charge is 2.32. The van der Waals surface area contributed by atoms with Crippen LogP contribution in [0.3, 0.4) is 0 Å². The summed E-state index contributed by atoms with van der Waals surface area (Å²) in [5, 5.41) is 1.71. The van der Waals surface area contributed by atoms with E-state index in [2.05, 4.69) is 4.99 Å². The number of aromatic nitrogens is 2. The molecule has 7 nitrogen and oxygen atoms in total. The first-order valence-corrected chi connectivity index (χ1v) is 10.4. The van der Waals surface area contributed by atoms with Gasteiger partial charge in [0, 0.05) is 5.56 Å². The Bertz CT molecular complexity index is 1500. The highest BCUT2D eigenvalue weighted by molar-refractivity contribution is 6.24. The first-order chi connectivity index (χ1) is 16.1. The van der Waals surface area contributed by atoms with E-state index in [1.807, 2.05) is 60.7 Å². The highest BCUT2D eigenvalue weighted by Crippen LogP contribution is 2.24. The van der Waals surface area contributed by atoms with Gasteiger partial charge in [0.25, 0.3) is 11.5 Å². The van der Waals surface area contributed by atoms with Crippen molar-refractivity contribution in [3.63, 3.8) is 0 Å². The average molecular weight is 436 g/mol. The molecule has 0 aliphatic carbocycles. The van der Waals surface area contributed by atoms with E-state index in [0.29, 0.717) is 33.9 Å². The molecule has 0 unspecified atom stereocenters. The normalized spacial score (nSPS) is 14.7. The molecule has 7 heteroatoms. The molecule has 0 atom stereocenters. The topological polar surface area (TPSA) is 76.8 Å². The maximum absolute atomic E-state index is 13.6. The SMILES string of the molecule is COc1cccc(/C=C2\N=C(C)N(n3c(-c4ccccc4)nc4ccccc4c3=O)C2=O)c1. The van der Waals surface area contributed by atoms with E-state index in [4.69, 9.17) is 9.72 Å². The summed E-state index contributed by atoms with van der Waals surface area (Å²) in [7, 11) is 1.58. The fraction of sp³-hybridized carbons (Fsp3) is 0.0769. The number of carbonyl (C=O) groups is 1. The van der Waals surface area contributed by atoms with E-state index in [9.17, 15) is 9.59 Å². The number of carbonyl (C=O) groups excluding carboxylic acids is 1. The fourth-order valence-electron chi connectivity index (χ4n) is 3.83. The lowest BCUT2D eigenvalue weighted by atomic mass is 10.2. The molecule has 0 spiro atoms. The summed E-state index contributed by atoms with van der Waals surface area (Å²) in [5.74, 6) is 1.01. The van der Waals surface area contributed by atoms with Gasteiger partial charge in [-0.25, -0.2) is 9.98 Å². The number of para-hydroxylation sites is 1. The van der Waals surface area contributed by atoms with Crippen LogP contribution in [0.2, 0.25) is 0 Å². The Labute approximate surface area is 189 Å². The third-order valence-electron chi connectivity index (χ3n) is 5.38. The Balaban J connectivity index is 1.68. The quantitative estimate of drug-likeness (QED) is 0.453. The van der Waals surface area contributed by atoms with Gasteiger partial charge in [-0.1, -0.05) is 54.6 Å². The zero-order valence-electron chi connectivity index (χ0n) is 18.1. The van der Waals surface area contributed by atoms with Gasteiger partial charge in [-0.15, -0.1) is 0 Å². The van der Waals surface area contributed by atoms with Crippen LogP contribution in [0.4, 0.5) is 0 Å². The van der Waals surface area contributed by atoms with Crippen molar-refractivity contribution in [2.24, 2.45) is 4.99 Å². The number of benzene rings is 3. The van der Waals surface area contributed by atoms with Crippen LogP contribution < -0.4 is 15.3 Å². The maximum Gasteiger partial charge on any atom is 0.297 e. The minimum Gasteiger partial charge on any atom is -0.497 e. The fourth-order valence-corrected chi connectivity index (χ4v) is 3.83. The van der Waals surface area contributed by atoms with E-state index in [1.165, 1.54) is 9.69 Å². The van der Waals surface area contributed by atoms with Gasteiger partial charge in [0.1, 0.15) is 17.3 Å². The smallest absolute Gasteiger partial charge is 0.297 e. The molecule has 0 bridgehead atoms. The van der Waals surface area contributed by atoms with Gasteiger partial charge < -0.3 is 4.74 Å². The highest BCUT2D eigenvalue weighted by atomic mass is 16.5. The van der Waals surface area contributed by atoms with Crippen LogP contribution in [0, 0.1) is 0 Å². The predicted molar refractivity (Wildman–Crippen MR) is 129 cm³/mol. The Kier molecular flexibility index (Phi) is 5.06. The van der Waals surface area contributed by atoms with Gasteiger partial charge in [0.15, 0.2) is 5.82 Å². The third kappa shape index (κ3) is 3.59. The van der Waals surface area contributed by atoms with Crippen molar-refractivity contribution in [1.29, 1.82) is 0 Å². The monoisotopic (exact) mass is 436 g/mol. The van der Waals surface area contributed by atoms with Gasteiger partial charge in [-0.05, 0) is 42.8 Å². The summed E-state index contributed by atoms with van der Waals surface area (Å²) in [5.41, 5.74) is 1.92. The number of rotatable bonds is 4. The lowest BCUT2D eigenvalue weighted by molar-refractivity contribution is -0.115. The minimum absolute atomic E-state index is 0.222. The van der Waals surface area contributed by atoms with Crippen LogP contribution in [-0.2, 0) is 4.79 Å². The summed E-state index contributed by atoms with van der Waals surface area (Å²) < 4.78 is 6.58. The number of aliphatic imine (C=N–C) groups is 1. The van der Waals surface area contributed by atoms with Crippen LogP contribution in [0.15, 0.2) is 94.3 Å². The van der Waals surface area contributed by atoms with E-state index in [0.717, 1.165) is 5.56 Å². The number of fused-ring (bicyclic) bond motifs is 1. The summed E-state index contributed by atoms with van der Waals surface area (Å²) in [6.07, 6.45) is 1.68. The number of amidine groups is 1. The minimum atomic E-state index is -0.410. The van der Waals surface area contributed by atoms with Gasteiger partial charge in [-0.2, -0.15) is 9.69 Å². The maximum atomic E-state index is 13.6. The van der Waals surface area contributed by atoms with E-state index >= 15 is 0 Å². The van der Waals surface area contributed by atoms with Gasteiger partial charge in [-0.3, -0.25) is 9.59 Å². The zero-order chi connectivity index (χ0) is 22.9. The summed E-state index contributed by atoms with van der Waals surface area (Å²) in [6.45, 7) is 1.70. The average Bonchev–Trinajstić information content (AvgIpc) is 3.12. The van der Waals surface area contributed by atoms with E-state index in [-0.39, 0.29) is 11.3 Å². The zero-order valence-corrected chi connectivity index (χ0v) is 18.1. The van der Waals surface area contributed by atoms with Crippen molar-refractivity contribution in [2.45, 2.75) is 6.92 Å². The first-order valence-electron chi connectivity index (χ1n) is 10.4. The van der Waals surface area contributed by atoms with Gasteiger partial charge in [0.2, 0.25) is 0 Å². The van der Waals surface area contributed by atoms with Crippen LogP contribution in [-0.4, -0.2) is 28.5 Å². The molecular formula is C26H20N4O3. The molecule has 0 fully saturated rings. The third-order valence-corrected chi connectivity index (χ3v) is 5.38. The van der Waals surface area contributed by atoms with Crippen molar-refractivity contribution >= 4 is 28.7 Å². The molecule has 4 aromatic rings. The predicted octanol–water partition coefficient (Wildman–Crippen LogP) is 4.01. The van der Waals surface area contributed by atoms with E-state index in [1.54, 1.807) is 38.3 Å². The van der Waals surface area contributed by atoms with Crippen molar-refractivity contribution in [2.75, 3.05) is 12.1 Å². The van der Waals surface area contributed by atoms with Crippen molar-refractivity contribution < 1.29 is 9.53 Å². The first kappa shape index (κ1) is 20.4. The van der Waals surface area contributed by atoms with Crippen LogP contribution in [0.25, 0.3) is 28.4 Å². The van der Waals surface area contributed by atoms with Crippen LogP contribution in [0.5, 0.6) is 5.75 Å². The largest absolute Gasteiger partial charge is 0.497 e. The Morgan fingerprint density at radius 1 is 0.909 bits per heavy atom. The number of nitrogens with zero attached hydrogens (tertiary/aromatic N) is 4. The molecule has 162 valence electrons. The Hall–Kier alpha value is -4.52. The van der Waals surface area contributed by atoms with Gasteiger partial charge >= 0.3 is 0 Å². The van der Waals surface area contributed by atoms with Gasteiger partial charge in [0.05, 0.1) is 18.0 Å². The van der Waals surface area contributed by atoms with Crippen molar-refractivity contribution in [3.05, 3.63) is 100 Å². The number of ether oxygens (including phenoxy) is 1. The van der Waals surface area contributed by atoms with Crippen molar-refractivity contribution in [3.8, 4) is 17.1 Å². The Morgan fingerprint density at radius 2 is 1.67 bits per heavy atom. The molecule has 1 amide bonds. The summed E-state index contributed by atoms with van der Waals surface area (Å²) >= 11 is 0. The molecule has 5 rings (SSSR count). The lowest BCUT2D eigenvalue weighted by Gasteiger charge is -2.22. The number of hydrogen-bond acceptors (Lipinski definition) is 5. The molecule has 0 saturated heterocycles. The molecule has 0 saturated carbocycles. The Morgan fingerprint density at radius 3 is 2.45 bits per heavy atom. The second-order valence-electron chi connectivity index (χ2n) is 7.52. The number of methoxy groups -OCH3 is 1. The van der Waals surface area contributed by atoms with Crippen molar-refractivity contribution in [1.82, 2.24) is 9.66 Å². The van der Waals surface area contributed by atoms with Crippen LogP contribution in [0.1, 0.15) is 12.5 Å². The standard InChI is InChI=1S/C26H20N4O3/c1-17-27-23(16-18-9-8-12-20(15-18)33-2)26(32)29(17)30-24(19-10-4-3-5-11-19)28-22-14-7-6-13-21(22)25(30)31/h3-16H,1-2H3/b23-16-. The lowest BCUT2D eigenvalue weighted by Crippen LogP contribution is -2.47.